The number of aromatic carboxylic acids is 1. The van der Waals surface area contributed by atoms with Gasteiger partial charge in [-0.3, -0.25) is 14.5 Å². The van der Waals surface area contributed by atoms with E-state index in [0.717, 1.165) is 5.56 Å². The van der Waals surface area contributed by atoms with E-state index in [4.69, 9.17) is 5.11 Å². The van der Waals surface area contributed by atoms with E-state index in [0.29, 0.717) is 17.9 Å². The minimum atomic E-state index is -1.05. The number of carbonyl (C=O) groups excluding carboxylic acids is 1. The van der Waals surface area contributed by atoms with Crippen molar-refractivity contribution in [2.24, 2.45) is 0 Å². The Labute approximate surface area is 155 Å². The van der Waals surface area contributed by atoms with Gasteiger partial charge in [0.15, 0.2) is 0 Å². The molecule has 1 aromatic heterocycles. The first kappa shape index (κ1) is 18.1. The summed E-state index contributed by atoms with van der Waals surface area (Å²) in [6.45, 7) is 1.85. The van der Waals surface area contributed by atoms with Gasteiger partial charge in [-0.2, -0.15) is 0 Å². The van der Waals surface area contributed by atoms with E-state index in [2.05, 4.69) is 0 Å². The van der Waals surface area contributed by atoms with Crippen LogP contribution < -0.4 is 10.5 Å². The number of aromatic nitrogens is 1. The highest BCUT2D eigenvalue weighted by atomic mass is 16.4. The lowest BCUT2D eigenvalue weighted by atomic mass is 10.1. The van der Waals surface area contributed by atoms with Crippen LogP contribution in [0.4, 0.5) is 11.4 Å². The Morgan fingerprint density at radius 1 is 0.963 bits per heavy atom. The smallest absolute Gasteiger partial charge is 0.335 e. The lowest BCUT2D eigenvalue weighted by Gasteiger charge is -2.22. The maximum absolute atomic E-state index is 12.2. The summed E-state index contributed by atoms with van der Waals surface area (Å²) in [6.07, 6.45) is 1.72. The van der Waals surface area contributed by atoms with Gasteiger partial charge in [0, 0.05) is 30.6 Å². The molecule has 0 bridgehead atoms. The molecule has 27 heavy (non-hydrogen) atoms. The van der Waals surface area contributed by atoms with E-state index in [1.807, 2.05) is 12.1 Å². The van der Waals surface area contributed by atoms with Gasteiger partial charge in [0.25, 0.3) is 5.56 Å². The molecule has 0 atom stereocenters. The van der Waals surface area contributed by atoms with E-state index < -0.39 is 5.97 Å². The second kappa shape index (κ2) is 7.70. The lowest BCUT2D eigenvalue weighted by Crippen LogP contribution is -2.23. The predicted molar refractivity (Wildman–Crippen MR) is 102 cm³/mol. The van der Waals surface area contributed by atoms with Crippen molar-refractivity contribution < 1.29 is 14.7 Å². The van der Waals surface area contributed by atoms with Crippen LogP contribution in [0.3, 0.4) is 0 Å². The molecule has 0 saturated carbocycles. The Morgan fingerprint density at radius 2 is 1.70 bits per heavy atom. The summed E-state index contributed by atoms with van der Waals surface area (Å²) < 4.78 is 1.59. The van der Waals surface area contributed by atoms with E-state index in [1.54, 1.807) is 47.2 Å². The number of carboxylic acid groups (broad SMARTS) is 1. The van der Waals surface area contributed by atoms with Crippen molar-refractivity contribution in [3.8, 4) is 0 Å². The number of rotatable bonds is 5. The number of nitrogens with zero attached hydrogens (tertiary/aromatic N) is 2. The molecule has 3 aromatic rings. The zero-order valence-electron chi connectivity index (χ0n) is 14.7. The Balaban J connectivity index is 1.90. The second-order valence-corrected chi connectivity index (χ2v) is 6.04. The van der Waals surface area contributed by atoms with Crippen LogP contribution in [-0.4, -0.2) is 21.6 Å². The molecule has 1 amide bonds. The zero-order valence-corrected chi connectivity index (χ0v) is 14.7. The molecule has 0 radical (unpaired) electrons. The molecule has 3 rings (SSSR count). The molecular weight excluding hydrogens is 344 g/mol. The molecule has 6 nitrogen and oxygen atoms in total. The summed E-state index contributed by atoms with van der Waals surface area (Å²) in [5, 5.41) is 9.17. The van der Waals surface area contributed by atoms with Gasteiger partial charge in [0.2, 0.25) is 5.91 Å². The Bertz CT molecular complexity index is 1040. The second-order valence-electron chi connectivity index (χ2n) is 6.04. The third-order valence-corrected chi connectivity index (χ3v) is 4.11. The number of benzene rings is 2. The van der Waals surface area contributed by atoms with Gasteiger partial charge < -0.3 is 9.67 Å². The van der Waals surface area contributed by atoms with Gasteiger partial charge >= 0.3 is 5.97 Å². The van der Waals surface area contributed by atoms with Gasteiger partial charge in [-0.25, -0.2) is 4.79 Å². The van der Waals surface area contributed by atoms with Crippen LogP contribution in [-0.2, 0) is 11.3 Å². The molecule has 6 heteroatoms. The molecule has 1 N–H and O–H groups in total. The number of hydrogen-bond acceptors (Lipinski definition) is 3. The number of anilines is 2. The molecule has 0 fully saturated rings. The molecule has 0 saturated heterocycles. The minimum absolute atomic E-state index is 0.0857. The average Bonchev–Trinajstić information content (AvgIpc) is 2.65. The highest BCUT2D eigenvalue weighted by Gasteiger charge is 2.16. The van der Waals surface area contributed by atoms with Crippen LogP contribution in [0.25, 0.3) is 0 Å². The lowest BCUT2D eigenvalue weighted by molar-refractivity contribution is -0.115. The van der Waals surface area contributed by atoms with E-state index >= 15 is 0 Å². The van der Waals surface area contributed by atoms with Crippen molar-refractivity contribution in [1.29, 1.82) is 0 Å². The van der Waals surface area contributed by atoms with Gasteiger partial charge in [-0.1, -0.05) is 24.3 Å². The van der Waals surface area contributed by atoms with Gasteiger partial charge in [0.05, 0.1) is 12.1 Å². The van der Waals surface area contributed by atoms with Gasteiger partial charge in [-0.15, -0.1) is 0 Å². The first-order chi connectivity index (χ1) is 13.0. The van der Waals surface area contributed by atoms with Crippen molar-refractivity contribution in [3.05, 3.63) is 94.4 Å². The third-order valence-electron chi connectivity index (χ3n) is 4.11. The molecule has 2 aromatic carbocycles. The summed E-state index contributed by atoms with van der Waals surface area (Å²) in [7, 11) is 0. The van der Waals surface area contributed by atoms with Crippen molar-refractivity contribution >= 4 is 23.3 Å². The van der Waals surface area contributed by atoms with Crippen LogP contribution in [0, 0.1) is 0 Å². The highest BCUT2D eigenvalue weighted by molar-refractivity contribution is 6.00. The highest BCUT2D eigenvalue weighted by Crippen LogP contribution is 2.27. The predicted octanol–water partition coefficient (Wildman–Crippen LogP) is 3.28. The maximum atomic E-state index is 12.2. The Hall–Kier alpha value is -3.67. The number of carbonyl (C=O) groups is 2. The summed E-state index contributed by atoms with van der Waals surface area (Å²) >= 11 is 0. The van der Waals surface area contributed by atoms with Crippen molar-refractivity contribution in [1.82, 2.24) is 4.57 Å². The van der Waals surface area contributed by atoms with Crippen LogP contribution in [0.1, 0.15) is 22.8 Å². The number of carboxylic acids is 1. The molecule has 136 valence electrons. The standard InChI is InChI=1S/C21H18N2O4/c1-15(24)23(19-6-4-5-17(13-19)21(26)27)18-10-8-16(9-11-18)14-22-12-3-2-7-20(22)25/h2-13H,14H2,1H3,(H,26,27). The van der Waals surface area contributed by atoms with E-state index in [9.17, 15) is 14.4 Å². The third kappa shape index (κ3) is 4.12. The van der Waals surface area contributed by atoms with Crippen LogP contribution in [0.5, 0.6) is 0 Å². The molecule has 0 unspecified atom stereocenters. The SMILES string of the molecule is CC(=O)N(c1ccc(Cn2ccccc2=O)cc1)c1cccc(C(=O)O)c1. The Morgan fingerprint density at radius 3 is 2.33 bits per heavy atom. The van der Waals surface area contributed by atoms with Gasteiger partial charge in [-0.05, 0) is 42.0 Å². The molecule has 0 aliphatic carbocycles. The monoisotopic (exact) mass is 362 g/mol. The van der Waals surface area contributed by atoms with Crippen LogP contribution in [0.2, 0.25) is 0 Å². The van der Waals surface area contributed by atoms with Gasteiger partial charge in [0.1, 0.15) is 0 Å². The average molecular weight is 362 g/mol. The summed E-state index contributed by atoms with van der Waals surface area (Å²) in [5.41, 5.74) is 2.04. The topological polar surface area (TPSA) is 79.6 Å². The quantitative estimate of drug-likeness (QED) is 0.755. The summed E-state index contributed by atoms with van der Waals surface area (Å²) in [4.78, 5) is 36.6. The molecule has 0 spiro atoms. The Kier molecular flexibility index (Phi) is 5.17. The molecule has 0 aliphatic rings. The first-order valence-electron chi connectivity index (χ1n) is 8.34. The van der Waals surface area contributed by atoms with E-state index in [1.165, 1.54) is 30.0 Å². The fourth-order valence-corrected chi connectivity index (χ4v) is 2.83. The molecule has 1 heterocycles. The van der Waals surface area contributed by atoms with Crippen LogP contribution >= 0.6 is 0 Å². The zero-order chi connectivity index (χ0) is 19.4. The summed E-state index contributed by atoms with van der Waals surface area (Å²) in [5.74, 6) is -1.28. The number of pyridine rings is 1. The largest absolute Gasteiger partial charge is 0.478 e. The van der Waals surface area contributed by atoms with E-state index in [-0.39, 0.29) is 17.0 Å². The van der Waals surface area contributed by atoms with Crippen molar-refractivity contribution in [2.45, 2.75) is 13.5 Å². The summed E-state index contributed by atoms with van der Waals surface area (Å²) in [6, 6.07) is 18.4. The molecular formula is C21H18N2O4. The molecule has 0 aliphatic heterocycles. The van der Waals surface area contributed by atoms with Crippen molar-refractivity contribution in [2.75, 3.05) is 4.90 Å². The fourth-order valence-electron chi connectivity index (χ4n) is 2.83. The maximum Gasteiger partial charge on any atom is 0.335 e. The number of amides is 1. The number of hydrogen-bond donors (Lipinski definition) is 1. The fraction of sp³-hybridized carbons (Fsp3) is 0.0952. The normalized spacial score (nSPS) is 10.4. The minimum Gasteiger partial charge on any atom is -0.478 e. The first-order valence-corrected chi connectivity index (χ1v) is 8.34. The van der Waals surface area contributed by atoms with Crippen LogP contribution in [0.15, 0.2) is 77.7 Å². The van der Waals surface area contributed by atoms with Crippen molar-refractivity contribution in [3.63, 3.8) is 0 Å².